The van der Waals surface area contributed by atoms with Crippen LogP contribution < -0.4 is 10.2 Å². The molecule has 3 aromatic carbocycles. The number of nitrogens with one attached hydrogen (secondary N) is 1. The van der Waals surface area contributed by atoms with E-state index < -0.39 is 11.9 Å². The molecule has 1 N–H and O–H groups in total. The molecule has 4 rings (SSSR count). The van der Waals surface area contributed by atoms with Crippen molar-refractivity contribution in [2.24, 2.45) is 0 Å². The average Bonchev–Trinajstić information content (AvgIpc) is 3.21. The first-order chi connectivity index (χ1) is 15.4. The maximum Gasteiger partial charge on any atom is 0.338 e. The van der Waals surface area contributed by atoms with E-state index in [1.165, 1.54) is 5.56 Å². The number of fused-ring (bicyclic) bond motifs is 1. The number of aryl methyl sites for hydroxylation is 1. The number of hydrogen-bond acceptors (Lipinski definition) is 6. The molecule has 0 bridgehead atoms. The van der Waals surface area contributed by atoms with Gasteiger partial charge in [0.25, 0.3) is 5.91 Å². The number of anilines is 2. The summed E-state index contributed by atoms with van der Waals surface area (Å²) in [4.78, 5) is 31.0. The van der Waals surface area contributed by atoms with Crippen molar-refractivity contribution < 1.29 is 14.3 Å². The molecule has 0 unspecified atom stereocenters. The van der Waals surface area contributed by atoms with Gasteiger partial charge in [-0.15, -0.1) is 11.3 Å². The van der Waals surface area contributed by atoms with Crippen LogP contribution in [0.15, 0.2) is 66.7 Å². The van der Waals surface area contributed by atoms with E-state index in [0.717, 1.165) is 26.5 Å². The lowest BCUT2D eigenvalue weighted by Crippen LogP contribution is -2.21. The van der Waals surface area contributed by atoms with Gasteiger partial charge in [0.15, 0.2) is 6.61 Å². The molecule has 0 aliphatic rings. The summed E-state index contributed by atoms with van der Waals surface area (Å²) in [5.41, 5.74) is 5.17. The van der Waals surface area contributed by atoms with Gasteiger partial charge < -0.3 is 15.0 Å². The molecule has 7 heteroatoms. The molecular weight excluding hydrogens is 422 g/mol. The summed E-state index contributed by atoms with van der Waals surface area (Å²) in [6, 6.07) is 20.7. The van der Waals surface area contributed by atoms with Crippen LogP contribution in [0.5, 0.6) is 0 Å². The second-order valence-electron chi connectivity index (χ2n) is 7.63. The van der Waals surface area contributed by atoms with E-state index in [2.05, 4.69) is 29.4 Å². The zero-order valence-corrected chi connectivity index (χ0v) is 18.9. The normalized spacial score (nSPS) is 10.7. The van der Waals surface area contributed by atoms with Crippen molar-refractivity contribution in [1.29, 1.82) is 0 Å². The number of carbonyl (C=O) groups is 2. The largest absolute Gasteiger partial charge is 0.452 e. The minimum absolute atomic E-state index is 0.354. The highest BCUT2D eigenvalue weighted by Crippen LogP contribution is 2.31. The first kappa shape index (κ1) is 21.5. The molecule has 0 radical (unpaired) electrons. The minimum atomic E-state index is -0.535. The second-order valence-corrected chi connectivity index (χ2v) is 8.66. The summed E-state index contributed by atoms with van der Waals surface area (Å²) in [7, 11) is 3.84. The van der Waals surface area contributed by atoms with Gasteiger partial charge in [-0.2, -0.15) is 0 Å². The summed E-state index contributed by atoms with van der Waals surface area (Å²) in [6.07, 6.45) is 0. The third kappa shape index (κ3) is 4.95. The maximum absolute atomic E-state index is 12.2. The Hall–Kier alpha value is -3.71. The molecule has 0 aliphatic carbocycles. The highest BCUT2D eigenvalue weighted by Gasteiger charge is 2.11. The van der Waals surface area contributed by atoms with Crippen LogP contribution >= 0.6 is 11.3 Å². The number of amides is 1. The maximum atomic E-state index is 12.2. The van der Waals surface area contributed by atoms with Crippen molar-refractivity contribution >= 4 is 44.8 Å². The van der Waals surface area contributed by atoms with Crippen LogP contribution in [0.2, 0.25) is 0 Å². The van der Waals surface area contributed by atoms with E-state index >= 15 is 0 Å². The molecule has 0 aliphatic heterocycles. The minimum Gasteiger partial charge on any atom is -0.452 e. The summed E-state index contributed by atoms with van der Waals surface area (Å²) in [6.45, 7) is 1.71. The predicted molar refractivity (Wildman–Crippen MR) is 129 cm³/mol. The van der Waals surface area contributed by atoms with Crippen LogP contribution in [-0.2, 0) is 9.53 Å². The molecule has 162 valence electrons. The Morgan fingerprint density at radius 1 is 1.00 bits per heavy atom. The number of aromatic nitrogens is 1. The number of ether oxygens (including phenoxy) is 1. The van der Waals surface area contributed by atoms with Gasteiger partial charge >= 0.3 is 5.97 Å². The Balaban J connectivity index is 1.33. The fraction of sp³-hybridized carbons (Fsp3) is 0.160. The molecule has 0 saturated heterocycles. The number of hydrogen-bond donors (Lipinski definition) is 1. The molecule has 1 heterocycles. The number of thiazole rings is 1. The highest BCUT2D eigenvalue weighted by atomic mass is 32.1. The molecule has 0 fully saturated rings. The summed E-state index contributed by atoms with van der Waals surface area (Å²) in [5, 5.41) is 3.67. The van der Waals surface area contributed by atoms with Crippen molar-refractivity contribution in [2.75, 3.05) is 30.9 Å². The molecule has 1 aromatic heterocycles. The van der Waals surface area contributed by atoms with E-state index in [1.54, 1.807) is 23.5 Å². The van der Waals surface area contributed by atoms with Crippen LogP contribution in [-0.4, -0.2) is 37.6 Å². The van der Waals surface area contributed by atoms with Gasteiger partial charge in [0.2, 0.25) is 0 Å². The van der Waals surface area contributed by atoms with Gasteiger partial charge in [-0.1, -0.05) is 6.07 Å². The van der Waals surface area contributed by atoms with Crippen molar-refractivity contribution in [3.8, 4) is 10.6 Å². The number of nitrogens with zero attached hydrogens (tertiary/aromatic N) is 2. The third-order valence-electron chi connectivity index (χ3n) is 4.91. The van der Waals surface area contributed by atoms with E-state index in [-0.39, 0.29) is 6.61 Å². The molecular formula is C25H23N3O3S. The van der Waals surface area contributed by atoms with Crippen LogP contribution in [0.4, 0.5) is 11.4 Å². The van der Waals surface area contributed by atoms with Crippen LogP contribution in [0.3, 0.4) is 0 Å². The van der Waals surface area contributed by atoms with Crippen molar-refractivity contribution in [3.05, 3.63) is 77.9 Å². The van der Waals surface area contributed by atoms with Gasteiger partial charge in [-0.3, -0.25) is 4.79 Å². The molecule has 4 aromatic rings. The average molecular weight is 446 g/mol. The van der Waals surface area contributed by atoms with E-state index in [9.17, 15) is 9.59 Å². The summed E-state index contributed by atoms with van der Waals surface area (Å²) < 4.78 is 6.27. The first-order valence-electron chi connectivity index (χ1n) is 10.1. The fourth-order valence-corrected chi connectivity index (χ4v) is 4.23. The molecule has 0 atom stereocenters. The van der Waals surface area contributed by atoms with Crippen LogP contribution in [0, 0.1) is 6.92 Å². The Morgan fingerprint density at radius 2 is 1.72 bits per heavy atom. The van der Waals surface area contributed by atoms with E-state index in [4.69, 9.17) is 4.74 Å². The zero-order valence-electron chi connectivity index (χ0n) is 18.1. The Labute approximate surface area is 190 Å². The van der Waals surface area contributed by atoms with Crippen LogP contribution in [0.25, 0.3) is 20.8 Å². The molecule has 1 amide bonds. The van der Waals surface area contributed by atoms with Gasteiger partial charge in [0, 0.05) is 31.0 Å². The SMILES string of the molecule is Cc1ccc2nc(-c3ccc(NC(=O)COC(=O)c4ccc(N(C)C)cc4)cc3)sc2c1. The highest BCUT2D eigenvalue weighted by molar-refractivity contribution is 7.21. The third-order valence-corrected chi connectivity index (χ3v) is 5.98. The monoisotopic (exact) mass is 445 g/mol. The number of rotatable bonds is 6. The quantitative estimate of drug-likeness (QED) is 0.417. The van der Waals surface area contributed by atoms with Gasteiger partial charge in [-0.25, -0.2) is 9.78 Å². The lowest BCUT2D eigenvalue weighted by atomic mass is 10.2. The predicted octanol–water partition coefficient (Wildman–Crippen LogP) is 5.13. The Kier molecular flexibility index (Phi) is 6.18. The van der Waals surface area contributed by atoms with E-state index in [1.807, 2.05) is 61.5 Å². The lowest BCUT2D eigenvalue weighted by Gasteiger charge is -2.12. The Morgan fingerprint density at radius 3 is 2.41 bits per heavy atom. The lowest BCUT2D eigenvalue weighted by molar-refractivity contribution is -0.119. The molecule has 0 saturated carbocycles. The topological polar surface area (TPSA) is 71.5 Å². The number of benzene rings is 3. The molecule has 6 nitrogen and oxygen atoms in total. The van der Waals surface area contributed by atoms with Crippen molar-refractivity contribution in [2.45, 2.75) is 6.92 Å². The van der Waals surface area contributed by atoms with Crippen molar-refractivity contribution in [1.82, 2.24) is 4.98 Å². The Bertz CT molecular complexity index is 1260. The fourth-order valence-electron chi connectivity index (χ4n) is 3.16. The van der Waals surface area contributed by atoms with Gasteiger partial charge in [0.05, 0.1) is 15.8 Å². The summed E-state index contributed by atoms with van der Waals surface area (Å²) in [5.74, 6) is -0.932. The second kappa shape index (κ2) is 9.20. The molecule has 32 heavy (non-hydrogen) atoms. The number of carbonyl (C=O) groups excluding carboxylic acids is 2. The van der Waals surface area contributed by atoms with Gasteiger partial charge in [-0.05, 0) is 73.2 Å². The van der Waals surface area contributed by atoms with Crippen LogP contribution in [0.1, 0.15) is 15.9 Å². The smallest absolute Gasteiger partial charge is 0.338 e. The van der Waals surface area contributed by atoms with Crippen molar-refractivity contribution in [3.63, 3.8) is 0 Å². The van der Waals surface area contributed by atoms with Gasteiger partial charge in [0.1, 0.15) is 5.01 Å². The molecule has 0 spiro atoms. The summed E-state index contributed by atoms with van der Waals surface area (Å²) >= 11 is 1.64. The zero-order chi connectivity index (χ0) is 22.7. The first-order valence-corrected chi connectivity index (χ1v) is 10.9. The standard InChI is InChI=1S/C25H23N3O3S/c1-16-4-13-21-22(14-16)32-24(27-21)17-5-9-19(10-6-17)26-23(29)15-31-25(30)18-7-11-20(12-8-18)28(2)3/h4-14H,15H2,1-3H3,(H,26,29). The number of esters is 1. The van der Waals surface area contributed by atoms with E-state index in [0.29, 0.717) is 11.3 Å².